The minimum atomic E-state index is -0.809. The van der Waals surface area contributed by atoms with Crippen LogP contribution in [0.2, 0.25) is 0 Å². The molecule has 0 spiro atoms. The molecular formula is C14H27NO4. The summed E-state index contributed by atoms with van der Waals surface area (Å²) in [6, 6.07) is 0. The van der Waals surface area contributed by atoms with Crippen LogP contribution < -0.4 is 5.32 Å². The van der Waals surface area contributed by atoms with Crippen molar-refractivity contribution in [3.63, 3.8) is 0 Å². The predicted molar refractivity (Wildman–Crippen MR) is 73.9 cm³/mol. The van der Waals surface area contributed by atoms with E-state index in [1.807, 2.05) is 6.92 Å². The Balaban J connectivity index is 3.88. The van der Waals surface area contributed by atoms with Crippen LogP contribution >= 0.6 is 0 Å². The third-order valence-electron chi connectivity index (χ3n) is 2.75. The van der Waals surface area contributed by atoms with Crippen molar-refractivity contribution in [2.45, 2.75) is 46.5 Å². The Labute approximate surface area is 115 Å². The number of carbonyl (C=O) groups excluding carboxylic acids is 1. The van der Waals surface area contributed by atoms with Crippen LogP contribution in [0.3, 0.4) is 0 Å². The number of rotatable bonds is 11. The zero-order valence-electron chi connectivity index (χ0n) is 12.3. The van der Waals surface area contributed by atoms with Gasteiger partial charge in [0.2, 0.25) is 5.91 Å². The molecule has 0 aliphatic rings. The number of ether oxygens (including phenoxy) is 1. The second-order valence-corrected chi connectivity index (χ2v) is 5.20. The summed E-state index contributed by atoms with van der Waals surface area (Å²) in [5.74, 6) is -0.400. The fraction of sp³-hybridized carbons (Fsp3) is 0.857. The third kappa shape index (κ3) is 11.7. The molecule has 0 radical (unpaired) electrons. The second-order valence-electron chi connectivity index (χ2n) is 5.20. The van der Waals surface area contributed by atoms with Gasteiger partial charge in [0.25, 0.3) is 0 Å². The number of amides is 1. The van der Waals surface area contributed by atoms with E-state index < -0.39 is 5.97 Å². The first-order valence-electron chi connectivity index (χ1n) is 7.01. The molecule has 5 heteroatoms. The molecule has 0 aliphatic heterocycles. The quantitative estimate of drug-likeness (QED) is 0.565. The van der Waals surface area contributed by atoms with Crippen LogP contribution in [0.15, 0.2) is 0 Å². The number of carboxylic acid groups (broad SMARTS) is 1. The molecule has 0 saturated heterocycles. The summed E-state index contributed by atoms with van der Waals surface area (Å²) in [5, 5.41) is 11.6. The van der Waals surface area contributed by atoms with Crippen molar-refractivity contribution in [2.24, 2.45) is 11.8 Å². The smallest absolute Gasteiger partial charge is 0.303 e. The maximum absolute atomic E-state index is 11.6. The van der Waals surface area contributed by atoms with Crippen molar-refractivity contribution in [3.8, 4) is 0 Å². The van der Waals surface area contributed by atoms with Gasteiger partial charge < -0.3 is 15.2 Å². The van der Waals surface area contributed by atoms with Gasteiger partial charge in [0.1, 0.15) is 0 Å². The van der Waals surface area contributed by atoms with E-state index in [1.165, 1.54) is 0 Å². The van der Waals surface area contributed by atoms with Gasteiger partial charge in [0.15, 0.2) is 0 Å². The van der Waals surface area contributed by atoms with Crippen molar-refractivity contribution in [1.29, 1.82) is 0 Å². The molecule has 0 saturated carbocycles. The first-order valence-corrected chi connectivity index (χ1v) is 7.01. The lowest BCUT2D eigenvalue weighted by atomic mass is 9.94. The van der Waals surface area contributed by atoms with Gasteiger partial charge in [-0.2, -0.15) is 0 Å². The normalized spacial score (nSPS) is 12.4. The van der Waals surface area contributed by atoms with Crippen molar-refractivity contribution in [1.82, 2.24) is 5.32 Å². The Morgan fingerprint density at radius 1 is 1.32 bits per heavy atom. The Hall–Kier alpha value is -1.10. The van der Waals surface area contributed by atoms with Crippen molar-refractivity contribution >= 4 is 11.9 Å². The van der Waals surface area contributed by atoms with Crippen LogP contribution in [0.25, 0.3) is 0 Å². The summed E-state index contributed by atoms with van der Waals surface area (Å²) in [6.07, 6.45) is 2.05. The van der Waals surface area contributed by atoms with E-state index in [2.05, 4.69) is 19.2 Å². The highest BCUT2D eigenvalue weighted by molar-refractivity contribution is 5.75. The first-order chi connectivity index (χ1) is 8.95. The van der Waals surface area contributed by atoms with Crippen molar-refractivity contribution < 1.29 is 19.4 Å². The van der Waals surface area contributed by atoms with Gasteiger partial charge in [0.05, 0.1) is 0 Å². The molecular weight excluding hydrogens is 246 g/mol. The predicted octanol–water partition coefficient (Wildman–Crippen LogP) is 2.06. The fourth-order valence-corrected chi connectivity index (χ4v) is 1.98. The van der Waals surface area contributed by atoms with E-state index in [9.17, 15) is 9.59 Å². The molecule has 0 aliphatic carbocycles. The van der Waals surface area contributed by atoms with Gasteiger partial charge in [-0.3, -0.25) is 9.59 Å². The highest BCUT2D eigenvalue weighted by Crippen LogP contribution is 2.14. The Morgan fingerprint density at radius 2 is 2.00 bits per heavy atom. The summed E-state index contributed by atoms with van der Waals surface area (Å²) >= 11 is 0. The highest BCUT2D eigenvalue weighted by atomic mass is 16.5. The van der Waals surface area contributed by atoms with Crippen LogP contribution in [-0.2, 0) is 14.3 Å². The maximum atomic E-state index is 11.6. The molecule has 0 aromatic carbocycles. The Kier molecular flexibility index (Phi) is 10.2. The molecule has 2 N–H and O–H groups in total. The molecule has 0 aromatic rings. The van der Waals surface area contributed by atoms with Crippen molar-refractivity contribution in [2.75, 3.05) is 19.8 Å². The Bertz CT molecular complexity index is 266. The fourth-order valence-electron chi connectivity index (χ4n) is 1.98. The number of aliphatic carboxylic acids is 1. The largest absolute Gasteiger partial charge is 0.481 e. The van der Waals surface area contributed by atoms with Crippen LogP contribution in [0.5, 0.6) is 0 Å². The Morgan fingerprint density at radius 3 is 2.53 bits per heavy atom. The third-order valence-corrected chi connectivity index (χ3v) is 2.75. The van der Waals surface area contributed by atoms with E-state index in [-0.39, 0.29) is 18.2 Å². The molecule has 1 amide bonds. The molecule has 112 valence electrons. The van der Waals surface area contributed by atoms with E-state index in [0.29, 0.717) is 38.5 Å². The van der Waals surface area contributed by atoms with E-state index in [0.717, 1.165) is 6.42 Å². The molecule has 1 unspecified atom stereocenters. The lowest BCUT2D eigenvalue weighted by Crippen LogP contribution is -2.31. The lowest BCUT2D eigenvalue weighted by Gasteiger charge is -2.17. The summed E-state index contributed by atoms with van der Waals surface area (Å²) in [6.45, 7) is 7.73. The first kappa shape index (κ1) is 17.9. The van der Waals surface area contributed by atoms with E-state index >= 15 is 0 Å². The molecule has 19 heavy (non-hydrogen) atoms. The molecule has 0 aromatic heterocycles. The summed E-state index contributed by atoms with van der Waals surface area (Å²) in [7, 11) is 0. The van der Waals surface area contributed by atoms with Gasteiger partial charge in [0, 0.05) is 32.6 Å². The lowest BCUT2D eigenvalue weighted by molar-refractivity contribution is -0.138. The molecule has 5 nitrogen and oxygen atoms in total. The van der Waals surface area contributed by atoms with Crippen LogP contribution in [-0.4, -0.2) is 36.7 Å². The summed E-state index contributed by atoms with van der Waals surface area (Å²) < 4.78 is 5.16. The number of hydrogen-bond acceptors (Lipinski definition) is 3. The van der Waals surface area contributed by atoms with Crippen LogP contribution in [0.1, 0.15) is 46.5 Å². The molecule has 0 bridgehead atoms. The highest BCUT2D eigenvalue weighted by Gasteiger charge is 2.15. The summed E-state index contributed by atoms with van der Waals surface area (Å²) in [5.41, 5.74) is 0. The topological polar surface area (TPSA) is 75.6 Å². The summed E-state index contributed by atoms with van der Waals surface area (Å²) in [4.78, 5) is 22.3. The average Bonchev–Trinajstić information content (AvgIpc) is 2.30. The monoisotopic (exact) mass is 273 g/mol. The van der Waals surface area contributed by atoms with Gasteiger partial charge in [-0.25, -0.2) is 0 Å². The standard InChI is InChI=1S/C14H27NO4/c1-4-19-7-5-6-13(16)15-10-12(8-11(2)3)9-14(17)18/h11-12H,4-10H2,1-3H3,(H,15,16)(H,17,18). The average molecular weight is 273 g/mol. The van der Waals surface area contributed by atoms with E-state index in [1.54, 1.807) is 0 Å². The molecule has 1 atom stereocenters. The zero-order valence-corrected chi connectivity index (χ0v) is 12.3. The zero-order chi connectivity index (χ0) is 14.7. The van der Waals surface area contributed by atoms with Gasteiger partial charge in [-0.1, -0.05) is 13.8 Å². The molecule has 0 heterocycles. The number of nitrogens with one attached hydrogen (secondary N) is 1. The number of carboxylic acids is 1. The van der Waals surface area contributed by atoms with Crippen molar-refractivity contribution in [3.05, 3.63) is 0 Å². The maximum Gasteiger partial charge on any atom is 0.303 e. The van der Waals surface area contributed by atoms with Crippen LogP contribution in [0, 0.1) is 11.8 Å². The van der Waals surface area contributed by atoms with Gasteiger partial charge in [-0.15, -0.1) is 0 Å². The minimum Gasteiger partial charge on any atom is -0.481 e. The molecule has 0 rings (SSSR count). The SMILES string of the molecule is CCOCCCC(=O)NCC(CC(=O)O)CC(C)C. The van der Waals surface area contributed by atoms with Gasteiger partial charge in [-0.05, 0) is 31.6 Å². The second kappa shape index (κ2) is 10.8. The van der Waals surface area contributed by atoms with E-state index in [4.69, 9.17) is 9.84 Å². The number of hydrogen-bond donors (Lipinski definition) is 2. The molecule has 0 fully saturated rings. The minimum absolute atomic E-state index is 0.00772. The van der Waals surface area contributed by atoms with Crippen LogP contribution in [0.4, 0.5) is 0 Å². The van der Waals surface area contributed by atoms with Gasteiger partial charge >= 0.3 is 5.97 Å². The number of carbonyl (C=O) groups is 2.